The third-order valence-corrected chi connectivity index (χ3v) is 8.34. The molecule has 3 aromatic rings. The highest BCUT2D eigenvalue weighted by Crippen LogP contribution is 2.51. The van der Waals surface area contributed by atoms with E-state index < -0.39 is 0 Å². The van der Waals surface area contributed by atoms with Crippen molar-refractivity contribution in [2.75, 3.05) is 11.9 Å². The van der Waals surface area contributed by atoms with E-state index >= 15 is 0 Å². The number of anilines is 1. The lowest BCUT2D eigenvalue weighted by molar-refractivity contribution is -0.138. The van der Waals surface area contributed by atoms with E-state index in [0.29, 0.717) is 11.5 Å². The van der Waals surface area contributed by atoms with Crippen LogP contribution in [0.15, 0.2) is 84.9 Å². The molecule has 2 heterocycles. The minimum Gasteiger partial charge on any atom is -0.378 e. The summed E-state index contributed by atoms with van der Waals surface area (Å²) in [6.07, 6.45) is 4.71. The van der Waals surface area contributed by atoms with Gasteiger partial charge < -0.3 is 15.5 Å². The monoisotopic (exact) mass is 479 g/mol. The van der Waals surface area contributed by atoms with E-state index in [4.69, 9.17) is 0 Å². The van der Waals surface area contributed by atoms with Crippen molar-refractivity contribution >= 4 is 17.5 Å². The van der Waals surface area contributed by atoms with Crippen LogP contribution in [-0.2, 0) is 4.79 Å². The maximum absolute atomic E-state index is 14.2. The number of nitrogens with one attached hydrogen (secondary N) is 2. The zero-order chi connectivity index (χ0) is 24.5. The first-order valence-electron chi connectivity index (χ1n) is 13.3. The molecule has 0 bridgehead atoms. The molecule has 2 fully saturated rings. The summed E-state index contributed by atoms with van der Waals surface area (Å²) in [6.45, 7) is 0.753. The molecule has 1 unspecified atom stereocenters. The predicted molar refractivity (Wildman–Crippen MR) is 141 cm³/mol. The van der Waals surface area contributed by atoms with E-state index in [1.807, 2.05) is 30.3 Å². The Labute approximate surface area is 212 Å². The summed E-state index contributed by atoms with van der Waals surface area (Å²) in [7, 11) is 0. The van der Waals surface area contributed by atoms with Gasteiger partial charge in [0, 0.05) is 29.8 Å². The van der Waals surface area contributed by atoms with Crippen molar-refractivity contribution in [1.29, 1.82) is 0 Å². The molecule has 6 rings (SSSR count). The number of carbonyl (C=O) groups is 2. The SMILES string of the molecule is O=C(N[C@@H]1CCCCC1C(=O)N1CC[C@@H]2[C@H](c3ccccc3)Nc3ccccc3[C@@H]21)c1ccccc1. The van der Waals surface area contributed by atoms with E-state index in [9.17, 15) is 9.59 Å². The van der Waals surface area contributed by atoms with Crippen LogP contribution in [0, 0.1) is 11.8 Å². The summed E-state index contributed by atoms with van der Waals surface area (Å²) in [6, 6.07) is 28.4. The third-order valence-electron chi connectivity index (χ3n) is 8.34. The second-order valence-electron chi connectivity index (χ2n) is 10.4. The van der Waals surface area contributed by atoms with Gasteiger partial charge in [-0.1, -0.05) is 79.6 Å². The predicted octanol–water partition coefficient (Wildman–Crippen LogP) is 5.73. The molecular formula is C31H33N3O2. The molecular weight excluding hydrogens is 446 g/mol. The molecule has 36 heavy (non-hydrogen) atoms. The topological polar surface area (TPSA) is 61.4 Å². The van der Waals surface area contributed by atoms with Crippen LogP contribution in [-0.4, -0.2) is 29.3 Å². The highest BCUT2D eigenvalue weighted by molar-refractivity contribution is 5.95. The maximum Gasteiger partial charge on any atom is 0.251 e. The van der Waals surface area contributed by atoms with Crippen molar-refractivity contribution in [2.24, 2.45) is 11.8 Å². The molecule has 5 nitrogen and oxygen atoms in total. The summed E-state index contributed by atoms with van der Waals surface area (Å²) in [5, 5.41) is 7.00. The summed E-state index contributed by atoms with van der Waals surface area (Å²) in [5.41, 5.74) is 4.24. The molecule has 1 saturated carbocycles. The van der Waals surface area contributed by atoms with Crippen molar-refractivity contribution in [3.63, 3.8) is 0 Å². The second kappa shape index (κ2) is 9.81. The summed E-state index contributed by atoms with van der Waals surface area (Å²) >= 11 is 0. The fourth-order valence-corrected chi connectivity index (χ4v) is 6.62. The van der Waals surface area contributed by atoms with Gasteiger partial charge in [0.1, 0.15) is 0 Å². The molecule has 3 aromatic carbocycles. The average Bonchev–Trinajstić information content (AvgIpc) is 3.39. The fraction of sp³-hybridized carbons (Fsp3) is 0.355. The second-order valence-corrected chi connectivity index (χ2v) is 10.4. The average molecular weight is 480 g/mol. The molecule has 5 atom stereocenters. The van der Waals surface area contributed by atoms with Crippen LogP contribution in [0.5, 0.6) is 0 Å². The highest BCUT2D eigenvalue weighted by atomic mass is 16.2. The van der Waals surface area contributed by atoms with Gasteiger partial charge in [-0.05, 0) is 48.6 Å². The number of carbonyl (C=O) groups excluding carboxylic acids is 2. The number of hydrogen-bond donors (Lipinski definition) is 2. The van der Waals surface area contributed by atoms with Crippen LogP contribution in [0.4, 0.5) is 5.69 Å². The summed E-state index contributed by atoms with van der Waals surface area (Å²) < 4.78 is 0. The van der Waals surface area contributed by atoms with Crippen molar-refractivity contribution in [2.45, 2.75) is 50.2 Å². The number of nitrogens with zero attached hydrogens (tertiary/aromatic N) is 1. The summed E-state index contributed by atoms with van der Waals surface area (Å²) in [5.74, 6) is 0.245. The molecule has 2 N–H and O–H groups in total. The Kier molecular flexibility index (Phi) is 6.22. The maximum atomic E-state index is 14.2. The van der Waals surface area contributed by atoms with Crippen LogP contribution in [0.3, 0.4) is 0 Å². The molecule has 0 aromatic heterocycles. The number of likely N-dealkylation sites (tertiary alicyclic amines) is 1. The zero-order valence-electron chi connectivity index (χ0n) is 20.5. The van der Waals surface area contributed by atoms with E-state index in [2.05, 4.69) is 70.1 Å². The van der Waals surface area contributed by atoms with E-state index in [-0.39, 0.29) is 35.9 Å². The Morgan fingerprint density at radius 1 is 0.806 bits per heavy atom. The highest BCUT2D eigenvalue weighted by Gasteiger charge is 2.48. The van der Waals surface area contributed by atoms with Crippen molar-refractivity contribution in [3.05, 3.63) is 102 Å². The van der Waals surface area contributed by atoms with Crippen molar-refractivity contribution in [3.8, 4) is 0 Å². The first-order chi connectivity index (χ1) is 17.7. The molecule has 2 aliphatic heterocycles. The molecule has 1 aliphatic carbocycles. The largest absolute Gasteiger partial charge is 0.378 e. The molecule has 1 saturated heterocycles. The van der Waals surface area contributed by atoms with Gasteiger partial charge in [0.05, 0.1) is 18.0 Å². The molecule has 3 aliphatic rings. The number of amides is 2. The third kappa shape index (κ3) is 4.17. The van der Waals surface area contributed by atoms with Gasteiger partial charge in [-0.15, -0.1) is 0 Å². The Bertz CT molecular complexity index is 1230. The van der Waals surface area contributed by atoms with Crippen LogP contribution in [0.25, 0.3) is 0 Å². The van der Waals surface area contributed by atoms with E-state index in [1.54, 1.807) is 0 Å². The number of rotatable bonds is 4. The quantitative estimate of drug-likeness (QED) is 0.502. The fourth-order valence-electron chi connectivity index (χ4n) is 6.62. The lowest BCUT2D eigenvalue weighted by atomic mass is 9.79. The van der Waals surface area contributed by atoms with Crippen LogP contribution in [0.1, 0.15) is 65.7 Å². The van der Waals surface area contributed by atoms with Gasteiger partial charge >= 0.3 is 0 Å². The van der Waals surface area contributed by atoms with E-state index in [0.717, 1.165) is 44.3 Å². The minimum absolute atomic E-state index is 0.0487. The normalized spacial score (nSPS) is 26.9. The van der Waals surface area contributed by atoms with Gasteiger partial charge in [0.25, 0.3) is 5.91 Å². The lowest BCUT2D eigenvalue weighted by Gasteiger charge is -2.42. The molecule has 0 radical (unpaired) electrons. The van der Waals surface area contributed by atoms with Crippen LogP contribution >= 0.6 is 0 Å². The van der Waals surface area contributed by atoms with Gasteiger partial charge in [0.2, 0.25) is 5.91 Å². The Hall–Kier alpha value is -3.60. The standard InChI is InChI=1S/C31H33N3O2/c35-30(22-13-5-2-6-14-22)33-27-18-10-8-16-24(27)31(36)34-20-19-25-28(21-11-3-1-4-12-21)32-26-17-9-7-15-23(26)29(25)34/h1-7,9,11-15,17,24-25,27-29,32H,8,10,16,18-20H2,(H,33,35)/t24?,25-,27-,28+,29+/m1/s1. The lowest BCUT2D eigenvalue weighted by Crippen LogP contribution is -2.50. The molecule has 184 valence electrons. The van der Waals surface area contributed by atoms with Crippen LogP contribution in [0.2, 0.25) is 0 Å². The number of para-hydroxylation sites is 1. The van der Waals surface area contributed by atoms with E-state index in [1.165, 1.54) is 11.1 Å². The smallest absolute Gasteiger partial charge is 0.251 e. The molecule has 5 heteroatoms. The number of fused-ring (bicyclic) bond motifs is 3. The molecule has 0 spiro atoms. The van der Waals surface area contributed by atoms with Crippen LogP contribution < -0.4 is 10.6 Å². The zero-order valence-corrected chi connectivity index (χ0v) is 20.5. The van der Waals surface area contributed by atoms with Gasteiger partial charge in [-0.2, -0.15) is 0 Å². The summed E-state index contributed by atoms with van der Waals surface area (Å²) in [4.78, 5) is 29.3. The Morgan fingerprint density at radius 3 is 2.31 bits per heavy atom. The first-order valence-corrected chi connectivity index (χ1v) is 13.3. The molecule has 2 amide bonds. The van der Waals surface area contributed by atoms with Crippen molar-refractivity contribution in [1.82, 2.24) is 10.2 Å². The van der Waals surface area contributed by atoms with Gasteiger partial charge in [-0.25, -0.2) is 0 Å². The number of hydrogen-bond acceptors (Lipinski definition) is 3. The Balaban J connectivity index is 1.28. The minimum atomic E-state index is -0.178. The Morgan fingerprint density at radius 2 is 1.50 bits per heavy atom. The first kappa shape index (κ1) is 22.8. The van der Waals surface area contributed by atoms with Gasteiger partial charge in [0.15, 0.2) is 0 Å². The number of benzene rings is 3. The van der Waals surface area contributed by atoms with Gasteiger partial charge in [-0.3, -0.25) is 9.59 Å². The van der Waals surface area contributed by atoms with Crippen molar-refractivity contribution < 1.29 is 9.59 Å².